The number of rotatable bonds is 4. The van der Waals surface area contributed by atoms with Crippen molar-refractivity contribution < 1.29 is 9.53 Å². The van der Waals surface area contributed by atoms with E-state index in [4.69, 9.17) is 10.6 Å². The molecular formula is C9H12N4O2. The molecule has 0 spiro atoms. The second-order valence-electron chi connectivity index (χ2n) is 2.67. The lowest BCUT2D eigenvalue weighted by Crippen LogP contribution is -2.24. The number of hydrogen-bond donors (Lipinski definition) is 2. The average Bonchev–Trinajstić information content (AvgIpc) is 2.28. The van der Waals surface area contributed by atoms with Crippen LogP contribution < -0.4 is 15.9 Å². The maximum absolute atomic E-state index is 10.9. The molecule has 1 amide bonds. The lowest BCUT2D eigenvalue weighted by molar-refractivity contribution is -0.122. The maximum atomic E-state index is 10.9. The third-order valence-electron chi connectivity index (χ3n) is 1.66. The molecule has 0 aliphatic carbocycles. The first kappa shape index (κ1) is 11.0. The highest BCUT2D eigenvalue weighted by atomic mass is 16.5. The third kappa shape index (κ3) is 3.63. The van der Waals surface area contributed by atoms with Crippen molar-refractivity contribution in [2.45, 2.75) is 0 Å². The van der Waals surface area contributed by atoms with Gasteiger partial charge in [-0.3, -0.25) is 4.79 Å². The summed E-state index contributed by atoms with van der Waals surface area (Å²) in [7, 11) is 1.55. The molecule has 0 atom stereocenters. The van der Waals surface area contributed by atoms with Gasteiger partial charge in [-0.25, -0.2) is 0 Å². The Morgan fingerprint density at radius 3 is 2.67 bits per heavy atom. The lowest BCUT2D eigenvalue weighted by Gasteiger charge is -2.04. The molecule has 0 bridgehead atoms. The smallest absolute Gasteiger partial charge is 0.257 e. The Morgan fingerprint density at radius 1 is 1.47 bits per heavy atom. The van der Waals surface area contributed by atoms with Crippen molar-refractivity contribution in [3.8, 4) is 5.75 Å². The van der Waals surface area contributed by atoms with E-state index in [1.54, 1.807) is 31.3 Å². The van der Waals surface area contributed by atoms with Crippen LogP contribution >= 0.6 is 0 Å². The minimum Gasteiger partial charge on any atom is -0.484 e. The predicted octanol–water partition coefficient (Wildman–Crippen LogP) is 0.769. The van der Waals surface area contributed by atoms with Gasteiger partial charge in [0.25, 0.3) is 5.91 Å². The number of ether oxygens (including phenoxy) is 1. The van der Waals surface area contributed by atoms with Gasteiger partial charge in [-0.2, -0.15) is 0 Å². The van der Waals surface area contributed by atoms with E-state index >= 15 is 0 Å². The summed E-state index contributed by atoms with van der Waals surface area (Å²) < 4.78 is 5.18. The van der Waals surface area contributed by atoms with Crippen LogP contribution in [0, 0.1) is 0 Å². The van der Waals surface area contributed by atoms with Crippen LogP contribution in [0.2, 0.25) is 0 Å². The molecule has 1 aromatic carbocycles. The van der Waals surface area contributed by atoms with E-state index in [-0.39, 0.29) is 12.5 Å². The first-order valence-electron chi connectivity index (χ1n) is 4.30. The van der Waals surface area contributed by atoms with Crippen molar-refractivity contribution in [2.24, 2.45) is 16.2 Å². The summed E-state index contributed by atoms with van der Waals surface area (Å²) in [4.78, 5) is 10.9. The molecule has 6 heteroatoms. The van der Waals surface area contributed by atoms with E-state index in [1.165, 1.54) is 0 Å². The monoisotopic (exact) mass is 208 g/mol. The molecule has 0 saturated heterocycles. The molecule has 6 nitrogen and oxygen atoms in total. The van der Waals surface area contributed by atoms with Crippen molar-refractivity contribution >= 4 is 11.6 Å². The Bertz CT molecular complexity index is 348. The minimum absolute atomic E-state index is 0.00570. The summed E-state index contributed by atoms with van der Waals surface area (Å²) in [5.41, 5.74) is 0.629. The molecule has 80 valence electrons. The Labute approximate surface area is 87.1 Å². The molecule has 0 radical (unpaired) electrons. The van der Waals surface area contributed by atoms with Gasteiger partial charge < -0.3 is 15.9 Å². The fourth-order valence-electron chi connectivity index (χ4n) is 0.897. The van der Waals surface area contributed by atoms with Crippen molar-refractivity contribution in [1.82, 2.24) is 5.32 Å². The number of nitrogens with zero attached hydrogens (tertiary/aromatic N) is 2. The van der Waals surface area contributed by atoms with Crippen molar-refractivity contribution in [1.29, 1.82) is 0 Å². The van der Waals surface area contributed by atoms with Gasteiger partial charge in [0.1, 0.15) is 5.75 Å². The van der Waals surface area contributed by atoms with Crippen LogP contribution in [0.25, 0.3) is 0 Å². The van der Waals surface area contributed by atoms with Crippen LogP contribution in [0.4, 0.5) is 5.69 Å². The minimum atomic E-state index is -0.180. The van der Waals surface area contributed by atoms with Gasteiger partial charge in [0, 0.05) is 7.05 Å². The van der Waals surface area contributed by atoms with Crippen LogP contribution in [0.1, 0.15) is 0 Å². The summed E-state index contributed by atoms with van der Waals surface area (Å²) in [5.74, 6) is 5.30. The number of nitrogens with one attached hydrogen (secondary N) is 1. The second-order valence-corrected chi connectivity index (χ2v) is 2.67. The lowest BCUT2D eigenvalue weighted by atomic mass is 10.3. The van der Waals surface area contributed by atoms with Crippen LogP contribution in [0.5, 0.6) is 5.75 Å². The van der Waals surface area contributed by atoms with E-state index < -0.39 is 0 Å². The number of carbonyl (C=O) groups is 1. The molecular weight excluding hydrogens is 196 g/mol. The molecule has 0 saturated carbocycles. The van der Waals surface area contributed by atoms with Gasteiger partial charge in [-0.1, -0.05) is 5.22 Å². The molecule has 1 rings (SSSR count). The number of hydrogen-bond acceptors (Lipinski definition) is 4. The zero-order valence-electron chi connectivity index (χ0n) is 8.30. The first-order chi connectivity index (χ1) is 7.26. The molecule has 0 unspecified atom stereocenters. The van der Waals surface area contributed by atoms with Gasteiger partial charge in [0.2, 0.25) is 0 Å². The summed E-state index contributed by atoms with van der Waals surface area (Å²) in [5, 5.41) is 9.22. The fourth-order valence-corrected chi connectivity index (χ4v) is 0.897. The van der Waals surface area contributed by atoms with E-state index in [0.29, 0.717) is 11.4 Å². The molecule has 0 aromatic heterocycles. The zero-order chi connectivity index (χ0) is 11.1. The molecule has 1 aromatic rings. The van der Waals surface area contributed by atoms with Crippen molar-refractivity contribution in [3.63, 3.8) is 0 Å². The fraction of sp³-hybridized carbons (Fsp3) is 0.222. The largest absolute Gasteiger partial charge is 0.484 e. The van der Waals surface area contributed by atoms with Gasteiger partial charge >= 0.3 is 0 Å². The molecule has 3 N–H and O–H groups in total. The van der Waals surface area contributed by atoms with Crippen LogP contribution in [-0.4, -0.2) is 19.6 Å². The highest BCUT2D eigenvalue weighted by molar-refractivity contribution is 5.77. The van der Waals surface area contributed by atoms with Crippen molar-refractivity contribution in [3.05, 3.63) is 24.3 Å². The molecule has 0 aliphatic heterocycles. The number of carbonyl (C=O) groups excluding carboxylic acids is 1. The summed E-state index contributed by atoms with van der Waals surface area (Å²) >= 11 is 0. The zero-order valence-corrected chi connectivity index (χ0v) is 8.30. The molecule has 0 heterocycles. The number of amides is 1. The first-order valence-corrected chi connectivity index (χ1v) is 4.30. The van der Waals surface area contributed by atoms with E-state index in [1.807, 2.05) is 0 Å². The predicted molar refractivity (Wildman–Crippen MR) is 54.7 cm³/mol. The van der Waals surface area contributed by atoms with E-state index in [9.17, 15) is 4.79 Å². The normalized spacial score (nSPS) is 10.2. The Balaban J connectivity index is 2.53. The quantitative estimate of drug-likeness (QED) is 0.435. The van der Waals surface area contributed by atoms with Gasteiger partial charge in [0.15, 0.2) is 6.61 Å². The highest BCUT2D eigenvalue weighted by Gasteiger charge is 1.99. The summed E-state index contributed by atoms with van der Waals surface area (Å²) in [6.45, 7) is -0.00570. The maximum Gasteiger partial charge on any atom is 0.257 e. The number of likely N-dealkylation sites (N-methyl/N-ethyl adjacent to an activating group) is 1. The number of benzene rings is 1. The third-order valence-corrected chi connectivity index (χ3v) is 1.66. The van der Waals surface area contributed by atoms with Crippen molar-refractivity contribution in [2.75, 3.05) is 13.7 Å². The summed E-state index contributed by atoms with van der Waals surface area (Å²) in [6, 6.07) is 6.75. The van der Waals surface area contributed by atoms with Gasteiger partial charge in [-0.15, -0.1) is 5.11 Å². The van der Waals surface area contributed by atoms with E-state index in [2.05, 4.69) is 15.7 Å². The topological polar surface area (TPSA) is 89.1 Å². The summed E-state index contributed by atoms with van der Waals surface area (Å²) in [6.07, 6.45) is 0. The SMILES string of the molecule is CNC(=O)COc1ccc(N=NN)cc1. The average molecular weight is 208 g/mol. The second kappa shape index (κ2) is 5.58. The number of nitrogens with two attached hydrogens (primary N) is 1. The van der Waals surface area contributed by atoms with Crippen LogP contribution in [0.15, 0.2) is 34.6 Å². The molecule has 0 aliphatic rings. The highest BCUT2D eigenvalue weighted by Crippen LogP contribution is 2.17. The van der Waals surface area contributed by atoms with Gasteiger partial charge in [-0.05, 0) is 24.3 Å². The Kier molecular flexibility index (Phi) is 4.08. The van der Waals surface area contributed by atoms with Crippen LogP contribution in [0.3, 0.4) is 0 Å². The van der Waals surface area contributed by atoms with Crippen LogP contribution in [-0.2, 0) is 4.79 Å². The van der Waals surface area contributed by atoms with E-state index in [0.717, 1.165) is 0 Å². The molecule has 0 fully saturated rings. The standard InChI is InChI=1S/C9H12N4O2/c1-11-9(14)6-15-8-4-2-7(3-5-8)12-13-10/h2-5H,6H2,1H3,(H2,10,12)(H,11,14). The Hall–Kier alpha value is -2.11. The van der Waals surface area contributed by atoms with Gasteiger partial charge in [0.05, 0.1) is 5.69 Å². The Morgan fingerprint density at radius 2 is 2.13 bits per heavy atom. The molecule has 15 heavy (non-hydrogen) atoms.